The molecule has 0 aliphatic carbocycles. The van der Waals surface area contributed by atoms with Crippen LogP contribution in [0, 0.1) is 0 Å². The molecule has 3 atom stereocenters. The van der Waals surface area contributed by atoms with E-state index in [4.69, 9.17) is 13.6 Å². The van der Waals surface area contributed by atoms with Gasteiger partial charge in [-0.3, -0.25) is 0 Å². The average Bonchev–Trinajstić information content (AvgIpc) is 2.65. The molecule has 0 spiro atoms. The molecular weight excluding hydrogens is 327 g/mol. The first-order chi connectivity index (χ1) is 10.1. The van der Waals surface area contributed by atoms with E-state index in [1.165, 1.54) is 0 Å². The number of hydrogen-bond acceptors (Lipinski definition) is 3. The van der Waals surface area contributed by atoms with Crippen molar-refractivity contribution in [3.8, 4) is 0 Å². The molecule has 23 heavy (non-hydrogen) atoms. The third kappa shape index (κ3) is 5.11. The summed E-state index contributed by atoms with van der Waals surface area (Å²) in [5.74, 6) is 0. The summed E-state index contributed by atoms with van der Waals surface area (Å²) in [5.41, 5.74) is 0. The van der Waals surface area contributed by atoms with Crippen LogP contribution in [0.25, 0.3) is 0 Å². The SMILES string of the molecule is CC(C)(C)[Si](C)(C)OC[C@H]1OCC(F)C1O[Si](C)(C)C(C)(C)C. The van der Waals surface area contributed by atoms with Gasteiger partial charge in [0.1, 0.15) is 12.2 Å². The minimum absolute atomic E-state index is 0.0557. The van der Waals surface area contributed by atoms with E-state index in [1.807, 2.05) is 0 Å². The predicted molar refractivity (Wildman–Crippen MR) is 99.9 cm³/mol. The topological polar surface area (TPSA) is 27.7 Å². The number of ether oxygens (including phenoxy) is 1. The molecule has 0 N–H and O–H groups in total. The van der Waals surface area contributed by atoms with Gasteiger partial charge in [0.05, 0.1) is 13.2 Å². The van der Waals surface area contributed by atoms with Crippen molar-refractivity contribution in [1.82, 2.24) is 0 Å². The molecule has 0 aromatic heterocycles. The lowest BCUT2D eigenvalue weighted by molar-refractivity contribution is 0.00885. The molecule has 1 saturated heterocycles. The van der Waals surface area contributed by atoms with Gasteiger partial charge in [0.2, 0.25) is 0 Å². The molecule has 1 fully saturated rings. The van der Waals surface area contributed by atoms with Gasteiger partial charge < -0.3 is 13.6 Å². The molecule has 0 amide bonds. The molecular formula is C17H37FO3Si2. The zero-order valence-corrected chi connectivity index (χ0v) is 18.7. The van der Waals surface area contributed by atoms with Crippen LogP contribution in [0.2, 0.25) is 36.3 Å². The van der Waals surface area contributed by atoms with E-state index in [2.05, 4.69) is 67.7 Å². The van der Waals surface area contributed by atoms with Crippen LogP contribution in [0.5, 0.6) is 0 Å². The zero-order chi connectivity index (χ0) is 18.3. The van der Waals surface area contributed by atoms with Crippen molar-refractivity contribution in [2.75, 3.05) is 13.2 Å². The summed E-state index contributed by atoms with van der Waals surface area (Å²) >= 11 is 0. The van der Waals surface area contributed by atoms with Gasteiger partial charge in [-0.15, -0.1) is 0 Å². The Morgan fingerprint density at radius 3 is 1.87 bits per heavy atom. The van der Waals surface area contributed by atoms with Crippen molar-refractivity contribution in [1.29, 1.82) is 0 Å². The minimum Gasteiger partial charge on any atom is -0.414 e. The highest BCUT2D eigenvalue weighted by molar-refractivity contribution is 6.74. The molecule has 6 heteroatoms. The Hall–Kier alpha value is 0.244. The molecule has 0 radical (unpaired) electrons. The fourth-order valence-corrected chi connectivity index (χ4v) is 4.30. The van der Waals surface area contributed by atoms with Gasteiger partial charge >= 0.3 is 0 Å². The Morgan fingerprint density at radius 2 is 1.43 bits per heavy atom. The average molecular weight is 365 g/mol. The summed E-state index contributed by atoms with van der Waals surface area (Å²) in [6.07, 6.45) is -1.86. The summed E-state index contributed by atoms with van der Waals surface area (Å²) in [5, 5.41) is 0.191. The predicted octanol–water partition coefficient (Wildman–Crippen LogP) is 5.14. The fourth-order valence-electron chi connectivity index (χ4n) is 1.95. The normalized spacial score (nSPS) is 27.5. The number of halogens is 1. The minimum atomic E-state index is -2.03. The van der Waals surface area contributed by atoms with Crippen LogP contribution in [0.4, 0.5) is 4.39 Å². The van der Waals surface area contributed by atoms with E-state index in [0.29, 0.717) is 6.61 Å². The highest BCUT2D eigenvalue weighted by Crippen LogP contribution is 2.40. The summed E-state index contributed by atoms with van der Waals surface area (Å²) in [7, 11) is -3.90. The Labute approximate surface area is 144 Å². The molecule has 1 aliphatic rings. The van der Waals surface area contributed by atoms with Gasteiger partial charge in [-0.05, 0) is 36.3 Å². The molecule has 0 aromatic carbocycles. The molecule has 0 bridgehead atoms. The van der Waals surface area contributed by atoms with E-state index in [1.54, 1.807) is 0 Å². The van der Waals surface area contributed by atoms with Gasteiger partial charge in [-0.2, -0.15) is 0 Å². The molecule has 138 valence electrons. The summed E-state index contributed by atoms with van der Waals surface area (Å²) < 4.78 is 32.6. The van der Waals surface area contributed by atoms with Crippen LogP contribution in [-0.2, 0) is 13.6 Å². The van der Waals surface area contributed by atoms with Crippen LogP contribution < -0.4 is 0 Å². The van der Waals surface area contributed by atoms with Crippen LogP contribution in [0.15, 0.2) is 0 Å². The third-order valence-corrected chi connectivity index (χ3v) is 14.8. The lowest BCUT2D eigenvalue weighted by Crippen LogP contribution is -2.50. The number of alkyl halides is 1. The molecule has 2 unspecified atom stereocenters. The van der Waals surface area contributed by atoms with Crippen LogP contribution in [0.3, 0.4) is 0 Å². The Morgan fingerprint density at radius 1 is 0.957 bits per heavy atom. The second-order valence-corrected chi connectivity index (χ2v) is 19.4. The van der Waals surface area contributed by atoms with Crippen molar-refractivity contribution in [3.63, 3.8) is 0 Å². The molecule has 0 aromatic rings. The van der Waals surface area contributed by atoms with Gasteiger partial charge in [-0.25, -0.2) is 4.39 Å². The van der Waals surface area contributed by atoms with Crippen LogP contribution in [0.1, 0.15) is 41.5 Å². The Kier molecular flexibility index (Phi) is 6.35. The largest absolute Gasteiger partial charge is 0.414 e. The van der Waals surface area contributed by atoms with Crippen LogP contribution in [-0.4, -0.2) is 48.2 Å². The first-order valence-electron chi connectivity index (χ1n) is 8.66. The van der Waals surface area contributed by atoms with Gasteiger partial charge in [0, 0.05) is 0 Å². The highest BCUT2D eigenvalue weighted by Gasteiger charge is 2.47. The van der Waals surface area contributed by atoms with Crippen molar-refractivity contribution in [3.05, 3.63) is 0 Å². The van der Waals surface area contributed by atoms with Gasteiger partial charge in [-0.1, -0.05) is 41.5 Å². The van der Waals surface area contributed by atoms with E-state index in [-0.39, 0.29) is 22.8 Å². The molecule has 0 saturated carbocycles. The maximum atomic E-state index is 14.3. The molecule has 1 rings (SSSR count). The van der Waals surface area contributed by atoms with Crippen LogP contribution >= 0.6 is 0 Å². The maximum absolute atomic E-state index is 14.3. The van der Waals surface area contributed by atoms with Crippen molar-refractivity contribution >= 4 is 16.6 Å². The fraction of sp³-hybridized carbons (Fsp3) is 1.00. The maximum Gasteiger partial charge on any atom is 0.192 e. The first kappa shape index (κ1) is 21.3. The van der Waals surface area contributed by atoms with E-state index >= 15 is 0 Å². The van der Waals surface area contributed by atoms with E-state index < -0.39 is 28.9 Å². The Bertz CT molecular complexity index is 400. The second kappa shape index (κ2) is 6.86. The van der Waals surface area contributed by atoms with Crippen molar-refractivity contribution in [2.45, 2.75) is 96.2 Å². The highest BCUT2D eigenvalue weighted by atomic mass is 28.4. The number of hydrogen-bond donors (Lipinski definition) is 0. The van der Waals surface area contributed by atoms with Gasteiger partial charge in [0.15, 0.2) is 22.8 Å². The Balaban J connectivity index is 2.76. The lowest BCUT2D eigenvalue weighted by atomic mass is 10.2. The number of rotatable bonds is 5. The third-order valence-electron chi connectivity index (χ3n) is 5.84. The standard InChI is InChI=1S/C17H37FO3Si2/c1-16(2,3)22(7,8)20-12-14-15(13(18)11-19-14)21-23(9,10)17(4,5)6/h13-15H,11-12H2,1-10H3/t13?,14-,15?/m1/s1. The van der Waals surface area contributed by atoms with Crippen molar-refractivity contribution in [2.24, 2.45) is 0 Å². The second-order valence-electron chi connectivity index (χ2n) is 9.80. The van der Waals surface area contributed by atoms with E-state index in [9.17, 15) is 4.39 Å². The molecule has 1 heterocycles. The molecule has 3 nitrogen and oxygen atoms in total. The zero-order valence-electron chi connectivity index (χ0n) is 16.7. The lowest BCUT2D eigenvalue weighted by Gasteiger charge is -2.41. The molecule has 1 aliphatic heterocycles. The summed E-state index contributed by atoms with van der Waals surface area (Å²) in [6, 6.07) is 0. The monoisotopic (exact) mass is 364 g/mol. The summed E-state index contributed by atoms with van der Waals surface area (Å²) in [4.78, 5) is 0. The van der Waals surface area contributed by atoms with Gasteiger partial charge in [0.25, 0.3) is 0 Å². The van der Waals surface area contributed by atoms with E-state index in [0.717, 1.165) is 0 Å². The summed E-state index contributed by atoms with van der Waals surface area (Å²) in [6.45, 7) is 22.4. The first-order valence-corrected chi connectivity index (χ1v) is 14.5. The smallest absolute Gasteiger partial charge is 0.192 e. The quantitative estimate of drug-likeness (QED) is 0.633. The van der Waals surface area contributed by atoms with Crippen molar-refractivity contribution < 1.29 is 18.0 Å².